The van der Waals surface area contributed by atoms with Gasteiger partial charge in [0.05, 0.1) is 6.04 Å². The minimum atomic E-state index is -1.37. The van der Waals surface area contributed by atoms with Gasteiger partial charge >= 0.3 is 17.9 Å². The first-order valence-corrected chi connectivity index (χ1v) is 5.77. The van der Waals surface area contributed by atoms with E-state index in [1.54, 1.807) is 0 Å². The normalized spacial score (nSPS) is 13.2. The lowest BCUT2D eigenvalue weighted by Gasteiger charge is -2.26. The Morgan fingerprint density at radius 1 is 1.25 bits per heavy atom. The molecule has 0 rings (SSSR count). The monoisotopic (exact) mass is 290 g/mol. The Morgan fingerprint density at radius 3 is 2.20 bits per heavy atom. The highest BCUT2D eigenvalue weighted by atomic mass is 16.5. The molecule has 1 unspecified atom stereocenters. The van der Waals surface area contributed by atoms with E-state index in [1.807, 2.05) is 0 Å². The summed E-state index contributed by atoms with van der Waals surface area (Å²) in [4.78, 5) is 44.8. The number of carboxylic acid groups (broad SMARTS) is 2. The molecule has 0 aromatic carbocycles. The molecule has 20 heavy (non-hydrogen) atoms. The van der Waals surface area contributed by atoms with Crippen LogP contribution in [0.25, 0.3) is 0 Å². The summed E-state index contributed by atoms with van der Waals surface area (Å²) in [7, 11) is 1.20. The topological polar surface area (TPSA) is 147 Å². The number of hydrogen-bond acceptors (Lipinski definition) is 6. The van der Waals surface area contributed by atoms with Crippen LogP contribution in [-0.4, -0.2) is 64.7 Å². The summed E-state index contributed by atoms with van der Waals surface area (Å²) in [6.07, 6.45) is -0.416. The number of nitrogens with zero attached hydrogens (tertiary/aromatic N) is 1. The van der Waals surface area contributed by atoms with Crippen LogP contribution in [0.3, 0.4) is 0 Å². The predicted octanol–water partition coefficient (Wildman–Crippen LogP) is -1.35. The second kappa shape index (κ2) is 8.10. The molecule has 0 radical (unpaired) electrons. The Bertz CT molecular complexity index is 396. The average molecular weight is 290 g/mol. The van der Waals surface area contributed by atoms with Crippen molar-refractivity contribution < 1.29 is 34.1 Å². The average Bonchev–Trinajstić information content (AvgIpc) is 2.33. The summed E-state index contributed by atoms with van der Waals surface area (Å²) in [5.41, 5.74) is 5.51. The smallest absolute Gasteiger partial charge is 0.330 e. The molecule has 0 heterocycles. The highest BCUT2D eigenvalue weighted by Crippen LogP contribution is 2.05. The number of carboxylic acids is 2. The highest BCUT2D eigenvalue weighted by molar-refractivity contribution is 5.87. The molecular weight excluding hydrogens is 272 g/mol. The van der Waals surface area contributed by atoms with Crippen LogP contribution in [0.2, 0.25) is 0 Å². The van der Waals surface area contributed by atoms with Crippen molar-refractivity contribution in [1.29, 1.82) is 0 Å². The lowest BCUT2D eigenvalue weighted by molar-refractivity contribution is -0.156. The van der Waals surface area contributed by atoms with Gasteiger partial charge in [0, 0.05) is 20.4 Å². The third kappa shape index (κ3) is 6.14. The van der Waals surface area contributed by atoms with Crippen LogP contribution in [0.4, 0.5) is 0 Å². The summed E-state index contributed by atoms with van der Waals surface area (Å²) < 4.78 is 4.57. The Labute approximate surface area is 115 Å². The van der Waals surface area contributed by atoms with Crippen LogP contribution >= 0.6 is 0 Å². The largest absolute Gasteiger partial charge is 0.481 e. The standard InChI is InChI=1S/C11H18N2O7/c1-6(14)20-5-8(11(18)19)13(2)10(17)7(12)3-4-9(15)16/h7-8H,3-5,12H2,1-2H3,(H,15,16)(H,18,19)/t7?,8-/m0/s1. The minimum absolute atomic E-state index is 0.113. The SMILES string of the molecule is CC(=O)OC[C@@H](C(=O)O)N(C)C(=O)C(N)CCC(=O)O. The minimum Gasteiger partial charge on any atom is -0.481 e. The molecule has 0 saturated heterocycles. The molecule has 114 valence electrons. The van der Waals surface area contributed by atoms with Gasteiger partial charge in [-0.15, -0.1) is 0 Å². The first-order chi connectivity index (χ1) is 9.16. The third-order valence-electron chi connectivity index (χ3n) is 2.53. The van der Waals surface area contributed by atoms with E-state index in [0.29, 0.717) is 0 Å². The fourth-order valence-electron chi connectivity index (χ4n) is 1.36. The number of amides is 1. The van der Waals surface area contributed by atoms with E-state index < -0.39 is 42.5 Å². The Morgan fingerprint density at radius 2 is 1.80 bits per heavy atom. The number of likely N-dealkylation sites (N-methyl/N-ethyl adjacent to an activating group) is 1. The van der Waals surface area contributed by atoms with Gasteiger partial charge in [-0.1, -0.05) is 0 Å². The van der Waals surface area contributed by atoms with E-state index in [0.717, 1.165) is 11.8 Å². The van der Waals surface area contributed by atoms with Crippen molar-refractivity contribution in [3.8, 4) is 0 Å². The van der Waals surface area contributed by atoms with Gasteiger partial charge in [-0.2, -0.15) is 0 Å². The van der Waals surface area contributed by atoms with Gasteiger partial charge in [-0.25, -0.2) is 4.79 Å². The number of rotatable bonds is 8. The predicted molar refractivity (Wildman–Crippen MR) is 65.7 cm³/mol. The van der Waals surface area contributed by atoms with Crippen LogP contribution in [0.1, 0.15) is 19.8 Å². The zero-order valence-corrected chi connectivity index (χ0v) is 11.2. The van der Waals surface area contributed by atoms with Crippen LogP contribution in [0.5, 0.6) is 0 Å². The zero-order chi connectivity index (χ0) is 15.9. The van der Waals surface area contributed by atoms with Gasteiger partial charge in [-0.3, -0.25) is 14.4 Å². The van der Waals surface area contributed by atoms with Crippen LogP contribution in [0.15, 0.2) is 0 Å². The summed E-state index contributed by atoms with van der Waals surface area (Å²) in [6.45, 7) is 0.609. The van der Waals surface area contributed by atoms with Crippen molar-refractivity contribution in [2.45, 2.75) is 31.8 Å². The van der Waals surface area contributed by atoms with Crippen molar-refractivity contribution in [2.75, 3.05) is 13.7 Å². The lowest BCUT2D eigenvalue weighted by Crippen LogP contribution is -2.51. The molecule has 0 saturated carbocycles. The fraction of sp³-hybridized carbons (Fsp3) is 0.636. The number of nitrogens with two attached hydrogens (primary N) is 1. The quantitative estimate of drug-likeness (QED) is 0.465. The molecule has 9 heteroatoms. The third-order valence-corrected chi connectivity index (χ3v) is 2.53. The molecule has 0 aliphatic carbocycles. The summed E-state index contributed by atoms with van der Waals surface area (Å²) in [6, 6.07) is -2.50. The van der Waals surface area contributed by atoms with Gasteiger partial charge in [-0.05, 0) is 6.42 Å². The number of hydrogen-bond donors (Lipinski definition) is 3. The summed E-state index contributed by atoms with van der Waals surface area (Å²) in [5.74, 6) is -3.86. The van der Waals surface area contributed by atoms with Gasteiger partial charge in [0.2, 0.25) is 5.91 Å². The lowest BCUT2D eigenvalue weighted by atomic mass is 10.1. The van der Waals surface area contributed by atoms with Gasteiger partial charge in [0.1, 0.15) is 6.61 Å². The van der Waals surface area contributed by atoms with Crippen molar-refractivity contribution in [3.63, 3.8) is 0 Å². The van der Waals surface area contributed by atoms with E-state index in [-0.39, 0.29) is 12.8 Å². The Kier molecular flexibility index (Phi) is 7.22. The molecule has 9 nitrogen and oxygen atoms in total. The van der Waals surface area contributed by atoms with E-state index in [1.165, 1.54) is 7.05 Å². The molecule has 0 spiro atoms. The highest BCUT2D eigenvalue weighted by Gasteiger charge is 2.30. The van der Waals surface area contributed by atoms with Gasteiger partial charge in [0.15, 0.2) is 6.04 Å². The zero-order valence-electron chi connectivity index (χ0n) is 11.2. The number of aliphatic carboxylic acids is 2. The van der Waals surface area contributed by atoms with E-state index in [2.05, 4.69) is 4.74 Å². The summed E-state index contributed by atoms with van der Waals surface area (Å²) in [5, 5.41) is 17.5. The van der Waals surface area contributed by atoms with Crippen molar-refractivity contribution in [2.24, 2.45) is 5.73 Å². The van der Waals surface area contributed by atoms with Crippen LogP contribution < -0.4 is 5.73 Å². The maximum atomic E-state index is 11.9. The number of carbonyl (C=O) groups is 4. The van der Waals surface area contributed by atoms with Crippen LogP contribution in [-0.2, 0) is 23.9 Å². The molecule has 0 aromatic heterocycles. The molecule has 0 fully saturated rings. The molecule has 1 amide bonds. The molecular formula is C11H18N2O7. The number of carbonyl (C=O) groups excluding carboxylic acids is 2. The second-order valence-electron chi connectivity index (χ2n) is 4.14. The van der Waals surface area contributed by atoms with E-state index in [9.17, 15) is 19.2 Å². The first kappa shape index (κ1) is 17.8. The maximum Gasteiger partial charge on any atom is 0.330 e. The Balaban J connectivity index is 4.66. The molecule has 0 aliphatic rings. The van der Waals surface area contributed by atoms with Gasteiger partial charge < -0.3 is 25.6 Å². The first-order valence-electron chi connectivity index (χ1n) is 5.77. The molecule has 2 atom stereocenters. The number of esters is 1. The van der Waals surface area contributed by atoms with E-state index in [4.69, 9.17) is 15.9 Å². The van der Waals surface area contributed by atoms with Crippen molar-refractivity contribution in [3.05, 3.63) is 0 Å². The second-order valence-corrected chi connectivity index (χ2v) is 4.14. The Hall–Kier alpha value is -2.16. The van der Waals surface area contributed by atoms with Crippen molar-refractivity contribution in [1.82, 2.24) is 4.90 Å². The molecule has 0 aromatic rings. The van der Waals surface area contributed by atoms with Crippen LogP contribution in [0, 0.1) is 0 Å². The molecule has 0 bridgehead atoms. The van der Waals surface area contributed by atoms with Gasteiger partial charge in [0.25, 0.3) is 0 Å². The summed E-state index contributed by atoms with van der Waals surface area (Å²) >= 11 is 0. The maximum absolute atomic E-state index is 11.9. The fourth-order valence-corrected chi connectivity index (χ4v) is 1.36. The molecule has 0 aliphatic heterocycles. The molecule has 4 N–H and O–H groups in total. The number of ether oxygens (including phenoxy) is 1. The van der Waals surface area contributed by atoms with Crippen molar-refractivity contribution >= 4 is 23.8 Å². The van der Waals surface area contributed by atoms with E-state index >= 15 is 0 Å².